The van der Waals surface area contributed by atoms with Gasteiger partial charge < -0.3 is 4.42 Å². The molecule has 0 aliphatic rings. The lowest BCUT2D eigenvalue weighted by Crippen LogP contribution is -1.92. The monoisotopic (exact) mass is 581 g/mol. The summed E-state index contributed by atoms with van der Waals surface area (Å²) in [5.41, 5.74) is 5.17. The fourth-order valence-corrected chi connectivity index (χ4v) is 6.47. The highest BCUT2D eigenvalue weighted by molar-refractivity contribution is 6.26. The number of rotatable bonds is 4. The van der Waals surface area contributed by atoms with Gasteiger partial charge in [-0.1, -0.05) is 151 Å². The van der Waals surface area contributed by atoms with Gasteiger partial charge in [-0.2, -0.15) is 0 Å². The van der Waals surface area contributed by atoms with E-state index in [2.05, 4.69) is 24.3 Å². The van der Waals surface area contributed by atoms with Gasteiger partial charge in [-0.15, -0.1) is 0 Å². The summed E-state index contributed by atoms with van der Waals surface area (Å²) in [6.07, 6.45) is 0. The lowest BCUT2D eigenvalue weighted by atomic mass is 9.84. The molecule has 0 bridgehead atoms. The van der Waals surface area contributed by atoms with Crippen LogP contribution in [-0.2, 0) is 0 Å². The van der Waals surface area contributed by atoms with Crippen molar-refractivity contribution < 1.29 is 16.8 Å². The molecule has 9 aromatic rings. The quantitative estimate of drug-likeness (QED) is 0.188. The molecule has 1 aromatic heterocycles. The van der Waals surface area contributed by atoms with Crippen molar-refractivity contribution in [1.82, 2.24) is 0 Å². The number of furan rings is 1. The Kier molecular flexibility index (Phi) is 4.15. The Hall–Kier alpha value is -5.92. The standard InChI is InChI=1S/C44H28O/c1-3-13-29(14-4-1)31-23-25-32(26-24-31)42-34-17-7-9-19-36(34)43(37-20-10-8-18-35(37)42)39-27-33(30-15-5-2-6-16-30)28-41-44(39)38-21-11-12-22-40(38)45-41/h1-28H/i1D,3D,4D,13D,14D,23D,24D,25D,26D. The minimum atomic E-state index is -0.615. The summed E-state index contributed by atoms with van der Waals surface area (Å²) in [4.78, 5) is 0. The van der Waals surface area contributed by atoms with Crippen LogP contribution in [0.5, 0.6) is 0 Å². The maximum absolute atomic E-state index is 9.36. The summed E-state index contributed by atoms with van der Waals surface area (Å²) < 4.78 is 85.0. The molecule has 0 aliphatic carbocycles. The largest absolute Gasteiger partial charge is 0.456 e. The van der Waals surface area contributed by atoms with Crippen molar-refractivity contribution in [3.05, 3.63) is 170 Å². The van der Waals surface area contributed by atoms with Crippen molar-refractivity contribution in [3.63, 3.8) is 0 Å². The van der Waals surface area contributed by atoms with Gasteiger partial charge in [-0.25, -0.2) is 0 Å². The molecule has 0 unspecified atom stereocenters. The minimum Gasteiger partial charge on any atom is -0.456 e. The lowest BCUT2D eigenvalue weighted by Gasteiger charge is -2.19. The van der Waals surface area contributed by atoms with Crippen LogP contribution in [-0.4, -0.2) is 0 Å². The molecule has 0 atom stereocenters. The molecular weight excluding hydrogens is 544 g/mol. The Balaban J connectivity index is 1.41. The van der Waals surface area contributed by atoms with Crippen LogP contribution in [0.3, 0.4) is 0 Å². The van der Waals surface area contributed by atoms with Gasteiger partial charge in [0.2, 0.25) is 0 Å². The zero-order valence-corrected chi connectivity index (χ0v) is 23.9. The van der Waals surface area contributed by atoms with Crippen LogP contribution >= 0.6 is 0 Å². The van der Waals surface area contributed by atoms with Crippen LogP contribution < -0.4 is 0 Å². The molecule has 0 saturated heterocycles. The average molecular weight is 582 g/mol. The molecule has 8 aromatic carbocycles. The molecule has 0 radical (unpaired) electrons. The summed E-state index contributed by atoms with van der Waals surface area (Å²) in [6.45, 7) is 0. The van der Waals surface area contributed by atoms with E-state index in [0.29, 0.717) is 16.3 Å². The number of hydrogen-bond donors (Lipinski definition) is 0. The van der Waals surface area contributed by atoms with Crippen LogP contribution in [0.15, 0.2) is 174 Å². The van der Waals surface area contributed by atoms with Crippen LogP contribution in [0, 0.1) is 0 Å². The van der Waals surface area contributed by atoms with Gasteiger partial charge in [0.05, 0.1) is 12.3 Å². The first-order chi connectivity index (χ1) is 26.1. The predicted octanol–water partition coefficient (Wildman–Crippen LogP) is 12.6. The van der Waals surface area contributed by atoms with E-state index in [1.54, 1.807) is 0 Å². The molecule has 1 heteroatoms. The number of para-hydroxylation sites is 1. The molecular formula is C44H28O. The predicted molar refractivity (Wildman–Crippen MR) is 190 cm³/mol. The fraction of sp³-hybridized carbons (Fsp3) is 0. The van der Waals surface area contributed by atoms with E-state index < -0.39 is 42.3 Å². The maximum atomic E-state index is 9.36. The van der Waals surface area contributed by atoms with E-state index >= 15 is 0 Å². The van der Waals surface area contributed by atoms with Crippen molar-refractivity contribution in [2.75, 3.05) is 0 Å². The van der Waals surface area contributed by atoms with Gasteiger partial charge >= 0.3 is 0 Å². The first kappa shape index (κ1) is 18.0. The maximum Gasteiger partial charge on any atom is 0.136 e. The number of fused-ring (bicyclic) bond motifs is 5. The molecule has 0 spiro atoms. The van der Waals surface area contributed by atoms with Crippen LogP contribution in [0.1, 0.15) is 12.3 Å². The van der Waals surface area contributed by atoms with Crippen LogP contribution in [0.4, 0.5) is 0 Å². The number of benzene rings is 8. The second-order valence-electron chi connectivity index (χ2n) is 11.0. The third-order valence-corrected chi connectivity index (χ3v) is 8.41. The van der Waals surface area contributed by atoms with E-state index in [9.17, 15) is 2.74 Å². The second-order valence-corrected chi connectivity index (χ2v) is 11.0. The van der Waals surface area contributed by atoms with E-state index in [0.717, 1.165) is 55.0 Å². The topological polar surface area (TPSA) is 13.1 Å². The van der Waals surface area contributed by atoms with Gasteiger partial charge in [0.25, 0.3) is 0 Å². The van der Waals surface area contributed by atoms with E-state index in [-0.39, 0.29) is 28.8 Å². The molecule has 0 aliphatic heterocycles. The third kappa shape index (κ3) is 4.17. The van der Waals surface area contributed by atoms with E-state index in [1.165, 1.54) is 0 Å². The summed E-state index contributed by atoms with van der Waals surface area (Å²) in [6, 6.07) is 33.0. The Bertz CT molecular complexity index is 2930. The highest BCUT2D eigenvalue weighted by atomic mass is 16.3. The zero-order valence-electron chi connectivity index (χ0n) is 32.9. The van der Waals surface area contributed by atoms with Crippen molar-refractivity contribution in [1.29, 1.82) is 0 Å². The molecule has 0 saturated carbocycles. The van der Waals surface area contributed by atoms with Crippen molar-refractivity contribution in [2.24, 2.45) is 0 Å². The van der Waals surface area contributed by atoms with Gasteiger partial charge in [0.15, 0.2) is 0 Å². The second kappa shape index (κ2) is 10.4. The number of hydrogen-bond acceptors (Lipinski definition) is 1. The molecule has 0 amide bonds. The van der Waals surface area contributed by atoms with Crippen LogP contribution in [0.2, 0.25) is 0 Å². The Morgan fingerprint density at radius 3 is 1.58 bits per heavy atom. The molecule has 9 rings (SSSR count). The molecule has 1 nitrogen and oxygen atoms in total. The first-order valence-corrected chi connectivity index (χ1v) is 14.7. The van der Waals surface area contributed by atoms with E-state index in [4.69, 9.17) is 14.0 Å². The van der Waals surface area contributed by atoms with E-state index in [1.807, 2.05) is 91.0 Å². The van der Waals surface area contributed by atoms with Gasteiger partial charge in [0.1, 0.15) is 11.2 Å². The van der Waals surface area contributed by atoms with Gasteiger partial charge in [0, 0.05) is 10.8 Å². The van der Waals surface area contributed by atoms with Crippen molar-refractivity contribution in [3.8, 4) is 44.5 Å². The third-order valence-electron chi connectivity index (χ3n) is 8.41. The zero-order chi connectivity index (χ0) is 37.6. The molecule has 0 fully saturated rings. The Morgan fingerprint density at radius 1 is 0.378 bits per heavy atom. The first-order valence-electron chi connectivity index (χ1n) is 19.2. The molecule has 45 heavy (non-hydrogen) atoms. The SMILES string of the molecule is [2H]c1c([2H])c([2H])c(-c2c([2H])c([2H])c(-c3c4ccccc4c(-c4cc(-c5ccccc5)cc5oc6ccccc6c45)c4ccccc34)c([2H])c2[2H])c([2H])c1[2H]. The van der Waals surface area contributed by atoms with Gasteiger partial charge in [-0.3, -0.25) is 0 Å². The summed E-state index contributed by atoms with van der Waals surface area (Å²) in [5, 5.41) is 4.97. The molecule has 0 N–H and O–H groups in total. The fourth-order valence-electron chi connectivity index (χ4n) is 6.47. The van der Waals surface area contributed by atoms with Crippen molar-refractivity contribution in [2.45, 2.75) is 0 Å². The highest BCUT2D eigenvalue weighted by Crippen LogP contribution is 2.48. The summed E-state index contributed by atoms with van der Waals surface area (Å²) in [5.74, 6) is 0. The molecule has 1 heterocycles. The normalized spacial score (nSPS) is 14.4. The summed E-state index contributed by atoms with van der Waals surface area (Å²) in [7, 11) is 0. The lowest BCUT2D eigenvalue weighted by molar-refractivity contribution is 0.669. The minimum absolute atomic E-state index is 0.0528. The highest BCUT2D eigenvalue weighted by Gasteiger charge is 2.21. The van der Waals surface area contributed by atoms with Crippen LogP contribution in [0.25, 0.3) is 88.0 Å². The van der Waals surface area contributed by atoms with Gasteiger partial charge in [-0.05, 0) is 84.3 Å². The smallest absolute Gasteiger partial charge is 0.136 e. The Morgan fingerprint density at radius 2 is 0.911 bits per heavy atom. The summed E-state index contributed by atoms with van der Waals surface area (Å²) >= 11 is 0. The Labute approximate surface area is 274 Å². The van der Waals surface area contributed by atoms with Crippen molar-refractivity contribution >= 4 is 43.5 Å². The molecule has 210 valence electrons. The average Bonchev–Trinajstić information content (AvgIpc) is 3.58.